The number of hydrogen-bond acceptors (Lipinski definition) is 2. The Morgan fingerprint density at radius 2 is 2.00 bits per heavy atom. The van der Waals surface area contributed by atoms with Crippen LogP contribution in [0.2, 0.25) is 5.02 Å². The highest BCUT2D eigenvalue weighted by molar-refractivity contribution is 6.30. The molecule has 1 atom stereocenters. The molecule has 1 aromatic carbocycles. The molecule has 1 saturated carbocycles. The second kappa shape index (κ2) is 7.67. The maximum atomic E-state index is 12.3. The van der Waals surface area contributed by atoms with E-state index in [1.807, 2.05) is 12.1 Å². The van der Waals surface area contributed by atoms with Gasteiger partial charge in [0.1, 0.15) is 0 Å². The Labute approximate surface area is 143 Å². The summed E-state index contributed by atoms with van der Waals surface area (Å²) in [6.45, 7) is 2.61. The Morgan fingerprint density at radius 3 is 2.55 bits per heavy atom. The average Bonchev–Trinajstić information content (AvgIpc) is 2.48. The molecule has 5 heteroatoms. The second-order valence-corrected chi connectivity index (χ2v) is 6.84. The van der Waals surface area contributed by atoms with Crippen molar-refractivity contribution >= 4 is 29.9 Å². The Morgan fingerprint density at radius 1 is 1.27 bits per heavy atom. The summed E-state index contributed by atoms with van der Waals surface area (Å²) in [5.74, 6) is 0.350. The van der Waals surface area contributed by atoms with Crippen molar-refractivity contribution in [2.24, 2.45) is 5.92 Å². The molecule has 2 N–H and O–H groups in total. The Kier molecular flexibility index (Phi) is 6.13. The number of amides is 1. The minimum atomic E-state index is 0. The highest BCUT2D eigenvalue weighted by Gasteiger charge is 2.39. The normalized spacial score (nSPS) is 23.0. The lowest BCUT2D eigenvalue weighted by Gasteiger charge is -2.43. The molecule has 122 valence electrons. The van der Waals surface area contributed by atoms with Crippen LogP contribution in [-0.4, -0.2) is 25.5 Å². The van der Waals surface area contributed by atoms with Gasteiger partial charge in [0.2, 0.25) is 5.91 Å². The summed E-state index contributed by atoms with van der Waals surface area (Å²) in [7, 11) is 0. The summed E-state index contributed by atoms with van der Waals surface area (Å²) in [5.41, 5.74) is 1.43. The molecular formula is C17H24Cl2N2O. The van der Waals surface area contributed by atoms with Gasteiger partial charge in [-0.25, -0.2) is 0 Å². The summed E-state index contributed by atoms with van der Waals surface area (Å²) < 4.78 is 0. The molecule has 3 rings (SSSR count). The van der Waals surface area contributed by atoms with Crippen LogP contribution < -0.4 is 10.6 Å². The van der Waals surface area contributed by atoms with Gasteiger partial charge in [0, 0.05) is 23.5 Å². The van der Waals surface area contributed by atoms with E-state index >= 15 is 0 Å². The van der Waals surface area contributed by atoms with Crippen LogP contribution in [0, 0.1) is 5.92 Å². The number of carbonyl (C=O) groups excluding carboxylic acids is 1. The van der Waals surface area contributed by atoms with Gasteiger partial charge in [0.15, 0.2) is 0 Å². The zero-order chi connectivity index (χ0) is 14.7. The standard InChI is InChI=1S/C17H23ClN2O.ClH/c18-15-6-4-14(5-7-15)17(8-2-9-17)12-20-16(21)13-3-1-10-19-11-13;/h4-7,13,19H,1-3,8-12H2,(H,20,21);1H. The highest BCUT2D eigenvalue weighted by Crippen LogP contribution is 2.43. The van der Waals surface area contributed by atoms with Crippen LogP contribution in [0.25, 0.3) is 0 Å². The molecule has 0 bridgehead atoms. The molecule has 0 radical (unpaired) electrons. The molecule has 2 fully saturated rings. The van der Waals surface area contributed by atoms with Crippen molar-refractivity contribution in [2.75, 3.05) is 19.6 Å². The van der Waals surface area contributed by atoms with Crippen molar-refractivity contribution in [1.29, 1.82) is 0 Å². The topological polar surface area (TPSA) is 41.1 Å². The van der Waals surface area contributed by atoms with Crippen LogP contribution in [0.4, 0.5) is 0 Å². The minimum Gasteiger partial charge on any atom is -0.355 e. The fourth-order valence-electron chi connectivity index (χ4n) is 3.45. The van der Waals surface area contributed by atoms with Gasteiger partial charge in [-0.1, -0.05) is 30.2 Å². The van der Waals surface area contributed by atoms with Gasteiger partial charge in [0.05, 0.1) is 5.92 Å². The molecule has 0 aromatic heterocycles. The van der Waals surface area contributed by atoms with E-state index in [1.54, 1.807) is 0 Å². The third-order valence-corrected chi connectivity index (χ3v) is 5.29. The number of rotatable bonds is 4. The molecule has 2 aliphatic rings. The molecule has 1 aliphatic carbocycles. The number of halogens is 2. The van der Waals surface area contributed by atoms with E-state index in [4.69, 9.17) is 11.6 Å². The number of piperidine rings is 1. The van der Waals surface area contributed by atoms with E-state index in [9.17, 15) is 4.79 Å². The van der Waals surface area contributed by atoms with E-state index in [0.717, 1.165) is 50.3 Å². The third kappa shape index (κ3) is 3.76. The maximum Gasteiger partial charge on any atom is 0.224 e. The van der Waals surface area contributed by atoms with Crippen molar-refractivity contribution in [3.05, 3.63) is 34.9 Å². The molecule has 1 unspecified atom stereocenters. The van der Waals surface area contributed by atoms with Crippen molar-refractivity contribution in [2.45, 2.75) is 37.5 Å². The average molecular weight is 343 g/mol. The van der Waals surface area contributed by atoms with Gasteiger partial charge in [-0.3, -0.25) is 4.79 Å². The van der Waals surface area contributed by atoms with Crippen molar-refractivity contribution < 1.29 is 4.79 Å². The van der Waals surface area contributed by atoms with Crippen LogP contribution in [0.3, 0.4) is 0 Å². The van der Waals surface area contributed by atoms with Gasteiger partial charge in [-0.05, 0) is 49.9 Å². The van der Waals surface area contributed by atoms with E-state index in [-0.39, 0.29) is 29.6 Å². The van der Waals surface area contributed by atoms with Gasteiger partial charge in [-0.15, -0.1) is 12.4 Å². The zero-order valence-corrected chi connectivity index (χ0v) is 14.3. The van der Waals surface area contributed by atoms with Crippen molar-refractivity contribution in [3.8, 4) is 0 Å². The van der Waals surface area contributed by atoms with Gasteiger partial charge in [-0.2, -0.15) is 0 Å². The van der Waals surface area contributed by atoms with E-state index in [2.05, 4.69) is 22.8 Å². The minimum absolute atomic E-state index is 0. The number of carbonyl (C=O) groups is 1. The first-order valence-electron chi connectivity index (χ1n) is 7.94. The summed E-state index contributed by atoms with van der Waals surface area (Å²) in [6.07, 6.45) is 5.65. The Balaban J connectivity index is 0.00000176. The van der Waals surface area contributed by atoms with Gasteiger partial charge >= 0.3 is 0 Å². The van der Waals surface area contributed by atoms with Crippen LogP contribution in [-0.2, 0) is 10.2 Å². The number of hydrogen-bond donors (Lipinski definition) is 2. The fourth-order valence-corrected chi connectivity index (χ4v) is 3.58. The first-order chi connectivity index (χ1) is 10.2. The summed E-state index contributed by atoms with van der Waals surface area (Å²) in [6, 6.07) is 8.11. The Hall–Kier alpha value is -0.770. The first-order valence-corrected chi connectivity index (χ1v) is 8.32. The molecule has 0 spiro atoms. The molecule has 22 heavy (non-hydrogen) atoms. The summed E-state index contributed by atoms with van der Waals surface area (Å²) in [4.78, 5) is 12.3. The van der Waals surface area contributed by atoms with E-state index in [0.29, 0.717) is 0 Å². The molecule has 1 saturated heterocycles. The predicted molar refractivity (Wildman–Crippen MR) is 92.8 cm³/mol. The zero-order valence-electron chi connectivity index (χ0n) is 12.7. The molecule has 3 nitrogen and oxygen atoms in total. The predicted octanol–water partition coefficient (Wildman–Crippen LogP) is 3.30. The fraction of sp³-hybridized carbons (Fsp3) is 0.588. The van der Waals surface area contributed by atoms with E-state index < -0.39 is 0 Å². The lowest BCUT2D eigenvalue weighted by Crippen LogP contribution is -2.48. The molecule has 1 aromatic rings. The highest BCUT2D eigenvalue weighted by atomic mass is 35.5. The van der Waals surface area contributed by atoms with Gasteiger partial charge in [0.25, 0.3) is 0 Å². The molecule has 1 amide bonds. The number of nitrogens with one attached hydrogen (secondary N) is 2. The lowest BCUT2D eigenvalue weighted by atomic mass is 9.64. The molecule has 1 heterocycles. The van der Waals surface area contributed by atoms with Crippen LogP contribution in [0.15, 0.2) is 24.3 Å². The van der Waals surface area contributed by atoms with E-state index in [1.165, 1.54) is 12.0 Å². The SMILES string of the molecule is Cl.O=C(NCC1(c2ccc(Cl)cc2)CCC1)C1CCCNC1. The van der Waals surface area contributed by atoms with Gasteiger partial charge < -0.3 is 10.6 Å². The summed E-state index contributed by atoms with van der Waals surface area (Å²) >= 11 is 5.98. The number of benzene rings is 1. The van der Waals surface area contributed by atoms with Crippen LogP contribution in [0.5, 0.6) is 0 Å². The quantitative estimate of drug-likeness (QED) is 0.881. The van der Waals surface area contributed by atoms with Crippen molar-refractivity contribution in [1.82, 2.24) is 10.6 Å². The lowest BCUT2D eigenvalue weighted by molar-refractivity contribution is -0.125. The monoisotopic (exact) mass is 342 g/mol. The van der Waals surface area contributed by atoms with Crippen LogP contribution >= 0.6 is 24.0 Å². The van der Waals surface area contributed by atoms with Crippen LogP contribution in [0.1, 0.15) is 37.7 Å². The molecular weight excluding hydrogens is 319 g/mol. The smallest absolute Gasteiger partial charge is 0.224 e. The second-order valence-electron chi connectivity index (χ2n) is 6.40. The maximum absolute atomic E-state index is 12.3. The largest absolute Gasteiger partial charge is 0.355 e. The Bertz CT molecular complexity index is 494. The summed E-state index contributed by atoms with van der Waals surface area (Å²) in [5, 5.41) is 7.27. The third-order valence-electron chi connectivity index (χ3n) is 5.04. The molecule has 1 aliphatic heterocycles. The first kappa shape index (κ1) is 17.6. The van der Waals surface area contributed by atoms with Crippen molar-refractivity contribution in [3.63, 3.8) is 0 Å².